The number of methoxy groups -OCH3 is 3. The Hall–Kier alpha value is -3.23. The highest BCUT2D eigenvalue weighted by molar-refractivity contribution is 5.58. The van der Waals surface area contributed by atoms with Crippen LogP contribution in [0, 0.1) is 6.92 Å². The number of anilines is 1. The molecule has 0 bridgehead atoms. The van der Waals surface area contributed by atoms with Crippen molar-refractivity contribution < 1.29 is 24.4 Å². The summed E-state index contributed by atoms with van der Waals surface area (Å²) in [6, 6.07) is 12.9. The monoisotopic (exact) mass is 425 g/mol. The maximum absolute atomic E-state index is 11.1. The van der Waals surface area contributed by atoms with Crippen LogP contribution in [0.3, 0.4) is 0 Å². The summed E-state index contributed by atoms with van der Waals surface area (Å²) in [4.78, 5) is 0. The molecule has 0 radical (unpaired) electrons. The zero-order chi connectivity index (χ0) is 22.3. The molecular formula is C23H27N3O5. The summed E-state index contributed by atoms with van der Waals surface area (Å²) in [7, 11) is 4.60. The van der Waals surface area contributed by atoms with Crippen LogP contribution in [0.4, 0.5) is 5.82 Å². The lowest BCUT2D eigenvalue weighted by Crippen LogP contribution is -2.52. The van der Waals surface area contributed by atoms with Gasteiger partial charge in [0.15, 0.2) is 0 Å². The first-order valence-electron chi connectivity index (χ1n) is 9.99. The van der Waals surface area contributed by atoms with E-state index in [0.717, 1.165) is 5.69 Å². The molecule has 2 atom stereocenters. The maximum atomic E-state index is 11.1. The fraction of sp³-hybridized carbons (Fsp3) is 0.348. The van der Waals surface area contributed by atoms with Crippen LogP contribution in [0.2, 0.25) is 0 Å². The number of benzene rings is 2. The van der Waals surface area contributed by atoms with Gasteiger partial charge in [0.05, 0.1) is 44.9 Å². The van der Waals surface area contributed by atoms with E-state index in [0.29, 0.717) is 39.9 Å². The van der Waals surface area contributed by atoms with Crippen LogP contribution < -0.4 is 19.9 Å². The van der Waals surface area contributed by atoms with E-state index in [1.807, 2.05) is 37.3 Å². The van der Waals surface area contributed by atoms with Gasteiger partial charge in [0.1, 0.15) is 23.1 Å². The van der Waals surface area contributed by atoms with Crippen molar-refractivity contribution >= 4 is 5.82 Å². The molecule has 8 heteroatoms. The Kier molecular flexibility index (Phi) is 5.51. The number of aromatic nitrogens is 2. The fourth-order valence-electron chi connectivity index (χ4n) is 4.48. The third kappa shape index (κ3) is 3.28. The standard InChI is InChI=1S/C23H27N3O5/c1-12-17(23(24)26(25-12)13-8-6-5-7-9-13)19-21(27)20(22(19)28)18-15(30-3)10-14(29-2)11-16(18)31-4/h5-11,19-22,27-28H,24H2,1-4H3. The first-order chi connectivity index (χ1) is 14.9. The minimum atomic E-state index is -0.902. The van der Waals surface area contributed by atoms with Crippen LogP contribution in [-0.2, 0) is 0 Å². The number of ether oxygens (including phenoxy) is 3. The van der Waals surface area contributed by atoms with Crippen molar-refractivity contribution in [1.29, 1.82) is 0 Å². The first kappa shape index (κ1) is 21.0. The fourth-order valence-corrected chi connectivity index (χ4v) is 4.48. The Balaban J connectivity index is 1.72. The lowest BCUT2D eigenvalue weighted by atomic mass is 9.62. The number of aryl methyl sites for hydroxylation is 1. The van der Waals surface area contributed by atoms with Gasteiger partial charge in [0, 0.05) is 35.1 Å². The second-order valence-corrected chi connectivity index (χ2v) is 7.61. The second-order valence-electron chi connectivity index (χ2n) is 7.61. The molecule has 0 amide bonds. The summed E-state index contributed by atoms with van der Waals surface area (Å²) in [5.74, 6) is 0.712. The molecule has 0 aliphatic heterocycles. The maximum Gasteiger partial charge on any atom is 0.131 e. The van der Waals surface area contributed by atoms with E-state index < -0.39 is 24.0 Å². The van der Waals surface area contributed by atoms with E-state index in [1.54, 1.807) is 23.9 Å². The first-order valence-corrected chi connectivity index (χ1v) is 9.99. The molecule has 0 saturated heterocycles. The predicted octanol–water partition coefficient (Wildman–Crippen LogP) is 2.39. The number of hydrogen-bond acceptors (Lipinski definition) is 7. The van der Waals surface area contributed by atoms with Gasteiger partial charge < -0.3 is 30.2 Å². The summed E-state index contributed by atoms with van der Waals surface area (Å²) >= 11 is 0. The normalized spacial score (nSPS) is 22.6. The van der Waals surface area contributed by atoms with Crippen molar-refractivity contribution in [3.05, 3.63) is 59.3 Å². The molecule has 1 fully saturated rings. The molecule has 2 aromatic carbocycles. The molecule has 3 aromatic rings. The van der Waals surface area contributed by atoms with Crippen LogP contribution in [0.25, 0.3) is 5.69 Å². The average Bonchev–Trinajstić information content (AvgIpc) is 3.08. The number of hydrogen-bond donors (Lipinski definition) is 3. The molecule has 31 heavy (non-hydrogen) atoms. The molecule has 1 aliphatic carbocycles. The van der Waals surface area contributed by atoms with Gasteiger partial charge in [-0.05, 0) is 19.1 Å². The van der Waals surface area contributed by atoms with Gasteiger partial charge in [0.25, 0.3) is 0 Å². The van der Waals surface area contributed by atoms with Crippen LogP contribution in [0.15, 0.2) is 42.5 Å². The van der Waals surface area contributed by atoms with E-state index in [-0.39, 0.29) is 0 Å². The third-order valence-electron chi connectivity index (χ3n) is 6.04. The highest BCUT2D eigenvalue weighted by Crippen LogP contribution is 2.55. The van der Waals surface area contributed by atoms with Crippen molar-refractivity contribution in [2.45, 2.75) is 31.0 Å². The minimum absolute atomic E-state index is 0.402. The largest absolute Gasteiger partial charge is 0.496 e. The molecule has 4 N–H and O–H groups in total. The lowest BCUT2D eigenvalue weighted by molar-refractivity contribution is -0.0797. The van der Waals surface area contributed by atoms with Crippen LogP contribution in [0.1, 0.15) is 28.7 Å². The number of aliphatic hydroxyl groups excluding tert-OH is 2. The summed E-state index contributed by atoms with van der Waals surface area (Å²) < 4.78 is 17.9. The van der Waals surface area contributed by atoms with Crippen LogP contribution >= 0.6 is 0 Å². The molecule has 4 rings (SSSR count). The summed E-state index contributed by atoms with van der Waals surface area (Å²) in [6.07, 6.45) is -1.80. The van der Waals surface area contributed by atoms with Crippen molar-refractivity contribution in [3.63, 3.8) is 0 Å². The molecule has 1 aliphatic rings. The molecular weight excluding hydrogens is 398 g/mol. The van der Waals surface area contributed by atoms with E-state index >= 15 is 0 Å². The second kappa shape index (κ2) is 8.13. The van der Waals surface area contributed by atoms with E-state index in [2.05, 4.69) is 5.10 Å². The number of nitrogens with zero attached hydrogens (tertiary/aromatic N) is 2. The molecule has 1 saturated carbocycles. The summed E-state index contributed by atoms with van der Waals surface area (Å²) in [6.45, 7) is 1.83. The highest BCUT2D eigenvalue weighted by Gasteiger charge is 2.54. The van der Waals surface area contributed by atoms with Crippen LogP contribution in [0.5, 0.6) is 17.2 Å². The van der Waals surface area contributed by atoms with Crippen LogP contribution in [-0.4, -0.2) is 53.5 Å². The van der Waals surface area contributed by atoms with E-state index in [4.69, 9.17) is 19.9 Å². The number of rotatable bonds is 6. The molecule has 1 heterocycles. The molecule has 164 valence electrons. The molecule has 0 spiro atoms. The lowest BCUT2D eigenvalue weighted by Gasteiger charge is -2.47. The Morgan fingerprint density at radius 1 is 0.871 bits per heavy atom. The van der Waals surface area contributed by atoms with Crippen molar-refractivity contribution in [1.82, 2.24) is 9.78 Å². The molecule has 1 aromatic heterocycles. The zero-order valence-corrected chi connectivity index (χ0v) is 17.9. The Morgan fingerprint density at radius 3 is 1.94 bits per heavy atom. The minimum Gasteiger partial charge on any atom is -0.496 e. The number of nitrogen functional groups attached to an aromatic ring is 1. The molecule has 8 nitrogen and oxygen atoms in total. The van der Waals surface area contributed by atoms with Gasteiger partial charge in [-0.3, -0.25) is 0 Å². The Labute approximate surface area is 180 Å². The highest BCUT2D eigenvalue weighted by atomic mass is 16.5. The van der Waals surface area contributed by atoms with Gasteiger partial charge in [-0.25, -0.2) is 4.68 Å². The number of para-hydroxylation sites is 1. The third-order valence-corrected chi connectivity index (χ3v) is 6.04. The predicted molar refractivity (Wildman–Crippen MR) is 116 cm³/mol. The quantitative estimate of drug-likeness (QED) is 0.556. The number of aliphatic hydroxyl groups is 2. The molecule has 2 unspecified atom stereocenters. The summed E-state index contributed by atoms with van der Waals surface area (Å²) in [5.41, 5.74) is 9.13. The van der Waals surface area contributed by atoms with Gasteiger partial charge in [-0.1, -0.05) is 18.2 Å². The van der Waals surface area contributed by atoms with E-state index in [9.17, 15) is 10.2 Å². The summed E-state index contributed by atoms with van der Waals surface area (Å²) in [5, 5.41) is 26.8. The van der Waals surface area contributed by atoms with Crippen molar-refractivity contribution in [2.75, 3.05) is 27.1 Å². The van der Waals surface area contributed by atoms with E-state index in [1.165, 1.54) is 14.2 Å². The Morgan fingerprint density at radius 2 is 1.42 bits per heavy atom. The zero-order valence-electron chi connectivity index (χ0n) is 17.9. The van der Waals surface area contributed by atoms with Gasteiger partial charge >= 0.3 is 0 Å². The van der Waals surface area contributed by atoms with Crippen molar-refractivity contribution in [3.8, 4) is 22.9 Å². The smallest absolute Gasteiger partial charge is 0.131 e. The topological polar surface area (TPSA) is 112 Å². The Bertz CT molecular complexity index is 1050. The van der Waals surface area contributed by atoms with Gasteiger partial charge in [0.2, 0.25) is 0 Å². The average molecular weight is 425 g/mol. The SMILES string of the molecule is COc1cc(OC)c(C2C(O)C(c3c(C)nn(-c4ccccc4)c3N)C2O)c(OC)c1. The van der Waals surface area contributed by atoms with Gasteiger partial charge in [-0.15, -0.1) is 0 Å². The van der Waals surface area contributed by atoms with Crippen molar-refractivity contribution in [2.24, 2.45) is 0 Å². The number of nitrogens with two attached hydrogens (primary N) is 1. The van der Waals surface area contributed by atoms with Gasteiger partial charge in [-0.2, -0.15) is 5.10 Å².